The van der Waals surface area contributed by atoms with Gasteiger partial charge in [-0.25, -0.2) is 0 Å². The van der Waals surface area contributed by atoms with E-state index >= 15 is 0 Å². The average Bonchev–Trinajstić information content (AvgIpc) is 3.48. The van der Waals surface area contributed by atoms with E-state index in [9.17, 15) is 53.7 Å². The summed E-state index contributed by atoms with van der Waals surface area (Å²) in [6.45, 7) is 7.55. The first-order valence-corrected chi connectivity index (χ1v) is 30.0. The summed E-state index contributed by atoms with van der Waals surface area (Å²) in [5.41, 5.74) is 28.1. The molecule has 1 aliphatic heterocycles. The highest BCUT2D eigenvalue weighted by Gasteiger charge is 2.38. The Balaban J connectivity index is 3.80. The fourth-order valence-corrected chi connectivity index (χ4v) is 9.33. The summed E-state index contributed by atoms with van der Waals surface area (Å²) in [7, 11) is 0. The Morgan fingerprint density at radius 1 is 0.695 bits per heavy atom. The van der Waals surface area contributed by atoms with Crippen molar-refractivity contribution >= 4 is 53.3 Å². The Hall–Kier alpha value is -5.51. The third-order valence-corrected chi connectivity index (χ3v) is 14.1. The number of nitrogens with two attached hydrogens (primary N) is 5. The van der Waals surface area contributed by atoms with Gasteiger partial charge in [-0.3, -0.25) is 43.3 Å². The van der Waals surface area contributed by atoms with Gasteiger partial charge in [0, 0.05) is 45.2 Å². The molecule has 1 heterocycles. The van der Waals surface area contributed by atoms with E-state index in [-0.39, 0.29) is 57.2 Å². The Morgan fingerprint density at radius 3 is 1.79 bits per heavy atom. The molecule has 1 saturated heterocycles. The lowest BCUT2D eigenvalue weighted by atomic mass is 10.0. The number of amides is 7. The fourth-order valence-electron chi connectivity index (χ4n) is 9.33. The number of carbonyl (C=O) groups is 8. The van der Waals surface area contributed by atoms with Gasteiger partial charge in [0.05, 0.1) is 24.7 Å². The zero-order valence-corrected chi connectivity index (χ0v) is 49.8. The molecule has 21 N–H and O–H groups in total. The summed E-state index contributed by atoms with van der Waals surface area (Å²) >= 11 is 0. The standard InChI is InChI=1S/C56H106N14O12/c1-6-9-11-13-15-16-18-19-21-24-38(82-46(75)26-22-20-17-14-12-10-7-2)31-45(74)68-49-44(73)35-64-53(79)47(42(71)32-58)70-55(81)48(43(72)33-59)69-51(77)40(25-23-29-62-56(60)61)63-34-37(30-36(4)5)65-52(78)41(27-28-57)67-50(76)39(8-3)66-54(49)80/h8,36-38,40-44,47-49,63,71-73H,6-7,9-35,57-59H2,1-5H3,(H,64,79)(H,65,78)(H,66,80)(H,67,76)(H,68,74)(H,69,77)(H,70,81)(H4,60,61,62)/b39-8-/t37-,38+,40-,41-,42?,43?,44?,47?,48?,49?/m0/s1. The molecule has 26 heteroatoms. The second-order valence-electron chi connectivity index (χ2n) is 21.8. The molecule has 1 aliphatic rings. The number of hydrogen-bond acceptors (Lipinski definition) is 17. The van der Waals surface area contributed by atoms with Crippen LogP contribution in [-0.4, -0.2) is 169 Å². The van der Waals surface area contributed by atoms with Crippen LogP contribution < -0.4 is 71.2 Å². The van der Waals surface area contributed by atoms with Gasteiger partial charge in [0.15, 0.2) is 5.96 Å². The number of unbranched alkanes of at least 4 members (excludes halogenated alkanes) is 14. The minimum atomic E-state index is -1.99. The lowest BCUT2D eigenvalue weighted by molar-refractivity contribution is -0.151. The number of esters is 1. The summed E-state index contributed by atoms with van der Waals surface area (Å²) in [6.07, 6.45) is 11.6. The fraction of sp³-hybridized carbons (Fsp3) is 0.804. The largest absolute Gasteiger partial charge is 0.462 e. The highest BCUT2D eigenvalue weighted by Crippen LogP contribution is 2.17. The van der Waals surface area contributed by atoms with Crippen molar-refractivity contribution in [3.63, 3.8) is 0 Å². The van der Waals surface area contributed by atoms with Gasteiger partial charge in [-0.05, 0) is 64.3 Å². The highest BCUT2D eigenvalue weighted by atomic mass is 16.5. The van der Waals surface area contributed by atoms with Crippen LogP contribution >= 0.6 is 0 Å². The summed E-state index contributed by atoms with van der Waals surface area (Å²) in [6, 6.07) is -8.72. The molecular weight excluding hydrogens is 1060 g/mol. The number of aliphatic hydroxyl groups is 3. The summed E-state index contributed by atoms with van der Waals surface area (Å²) in [5, 5.41) is 54.5. The third kappa shape index (κ3) is 31.8. The Bertz CT molecular complexity index is 1960. The molecule has 1 rings (SSSR count). The van der Waals surface area contributed by atoms with Crippen molar-refractivity contribution in [2.24, 2.45) is 39.6 Å². The molecule has 0 aromatic carbocycles. The predicted molar refractivity (Wildman–Crippen MR) is 314 cm³/mol. The normalized spacial score (nSPS) is 22.8. The van der Waals surface area contributed by atoms with Gasteiger partial charge in [-0.1, -0.05) is 124 Å². The monoisotopic (exact) mass is 1170 g/mol. The number of guanidine groups is 1. The zero-order chi connectivity index (χ0) is 61.4. The number of rotatable bonds is 34. The van der Waals surface area contributed by atoms with Crippen molar-refractivity contribution in [1.82, 2.24) is 42.5 Å². The van der Waals surface area contributed by atoms with E-state index in [0.29, 0.717) is 25.7 Å². The molecule has 26 nitrogen and oxygen atoms in total. The molecular formula is C56H106N14O12. The molecule has 0 aromatic rings. The number of carbonyl (C=O) groups excluding carboxylic acids is 8. The number of β-amino-alcohol motifs (C(OH)–C–C–N with tert-alkyl or cyclic N) is 1. The topological polar surface area (TPSA) is 445 Å². The molecule has 0 saturated carbocycles. The maximum Gasteiger partial charge on any atom is 0.306 e. The number of allylic oxidation sites excluding steroid dienone is 1. The smallest absolute Gasteiger partial charge is 0.306 e. The van der Waals surface area contributed by atoms with E-state index in [1.165, 1.54) is 25.8 Å². The molecule has 1 fully saturated rings. The van der Waals surface area contributed by atoms with Crippen molar-refractivity contribution < 1.29 is 58.4 Å². The van der Waals surface area contributed by atoms with Crippen LogP contribution in [-0.2, 0) is 43.1 Å². The molecule has 7 amide bonds. The first-order valence-electron chi connectivity index (χ1n) is 30.0. The predicted octanol–water partition coefficient (Wildman–Crippen LogP) is -0.670. The molecule has 82 heavy (non-hydrogen) atoms. The average molecular weight is 1170 g/mol. The highest BCUT2D eigenvalue weighted by molar-refractivity contribution is 6.01. The van der Waals surface area contributed by atoms with Crippen LogP contribution in [0.1, 0.15) is 182 Å². The van der Waals surface area contributed by atoms with E-state index in [0.717, 1.165) is 77.0 Å². The van der Waals surface area contributed by atoms with Gasteiger partial charge < -0.3 is 91.3 Å². The Morgan fingerprint density at radius 2 is 1.24 bits per heavy atom. The number of aliphatic imine (C=N–C) groups is 1. The second kappa shape index (κ2) is 44.1. The number of ether oxygens (including phenoxy) is 1. The zero-order valence-electron chi connectivity index (χ0n) is 49.8. The number of hydrogen-bond donors (Lipinski definition) is 16. The van der Waals surface area contributed by atoms with Gasteiger partial charge in [0.1, 0.15) is 42.1 Å². The van der Waals surface area contributed by atoms with Crippen LogP contribution in [0.4, 0.5) is 0 Å². The third-order valence-electron chi connectivity index (χ3n) is 14.1. The van der Waals surface area contributed by atoms with E-state index in [2.05, 4.69) is 61.4 Å². The van der Waals surface area contributed by atoms with Gasteiger partial charge in [-0.2, -0.15) is 0 Å². The summed E-state index contributed by atoms with van der Waals surface area (Å²) in [5.74, 6) is -7.37. The maximum absolute atomic E-state index is 14.3. The van der Waals surface area contributed by atoms with Gasteiger partial charge >= 0.3 is 5.97 Å². The Kier molecular flexibility index (Phi) is 40.0. The first-order chi connectivity index (χ1) is 39.2. The molecule has 10 atom stereocenters. The lowest BCUT2D eigenvalue weighted by Gasteiger charge is -2.30. The number of aliphatic hydroxyl groups excluding tert-OH is 3. The Labute approximate surface area is 486 Å². The van der Waals surface area contributed by atoms with Crippen molar-refractivity contribution in [3.8, 4) is 0 Å². The molecule has 0 radical (unpaired) electrons. The summed E-state index contributed by atoms with van der Waals surface area (Å²) < 4.78 is 5.89. The lowest BCUT2D eigenvalue weighted by Crippen LogP contribution is -2.64. The first kappa shape index (κ1) is 74.5. The van der Waals surface area contributed by atoms with E-state index < -0.39 is 140 Å². The van der Waals surface area contributed by atoms with Crippen molar-refractivity contribution in [3.05, 3.63) is 11.8 Å². The molecule has 0 aliphatic carbocycles. The van der Waals surface area contributed by atoms with Gasteiger partial charge in [0.2, 0.25) is 35.4 Å². The van der Waals surface area contributed by atoms with Crippen LogP contribution in [0.3, 0.4) is 0 Å². The second-order valence-corrected chi connectivity index (χ2v) is 21.8. The van der Waals surface area contributed by atoms with E-state index in [4.69, 9.17) is 33.4 Å². The summed E-state index contributed by atoms with van der Waals surface area (Å²) in [4.78, 5) is 116. The number of nitrogens with one attached hydrogen (secondary N) is 8. The van der Waals surface area contributed by atoms with Gasteiger partial charge in [-0.15, -0.1) is 0 Å². The maximum atomic E-state index is 14.3. The van der Waals surface area contributed by atoms with E-state index in [1.54, 1.807) is 0 Å². The van der Waals surface area contributed by atoms with Crippen molar-refractivity contribution in [1.29, 1.82) is 0 Å². The van der Waals surface area contributed by atoms with Crippen LogP contribution in [0.2, 0.25) is 0 Å². The molecule has 6 unspecified atom stereocenters. The quantitative estimate of drug-likeness (QED) is 0.0125. The molecule has 472 valence electrons. The van der Waals surface area contributed by atoms with Crippen LogP contribution in [0.15, 0.2) is 16.8 Å². The van der Waals surface area contributed by atoms with Crippen LogP contribution in [0.5, 0.6) is 0 Å². The minimum Gasteiger partial charge on any atom is -0.462 e. The van der Waals surface area contributed by atoms with Gasteiger partial charge in [0.25, 0.3) is 5.91 Å². The minimum absolute atomic E-state index is 0.0119. The van der Waals surface area contributed by atoms with Crippen molar-refractivity contribution in [2.75, 3.05) is 39.3 Å². The molecule has 0 bridgehead atoms. The molecule has 0 spiro atoms. The number of nitrogens with zero attached hydrogens (tertiary/aromatic N) is 1. The van der Waals surface area contributed by atoms with Crippen LogP contribution in [0.25, 0.3) is 0 Å². The molecule has 0 aromatic heterocycles. The van der Waals surface area contributed by atoms with Crippen LogP contribution in [0, 0.1) is 5.92 Å². The van der Waals surface area contributed by atoms with Crippen molar-refractivity contribution in [2.45, 2.75) is 243 Å². The SMILES string of the molecule is C/C=C1\NC(=O)C(NC(=O)C[C@@H](CCCCCCCCCCC)OC(=O)CCCCCCCCC)C(O)CNC(=O)C(C(O)CN)NC(=O)C(C(O)CN)NC(=O)[C@H](CCCN=C(N)N)NC[C@H](CC(C)C)NC(=O)[C@H](CCN)NC1=O. The van der Waals surface area contributed by atoms with E-state index in [1.807, 2.05) is 13.8 Å².